The molecule has 0 bridgehead atoms. The lowest BCUT2D eigenvalue weighted by molar-refractivity contribution is 0.254. The SMILES string of the molecule is O=S(=O)(Cc1noc2ccccc12)N[C@@H]1COc2ccccc2C1. The molecule has 6 nitrogen and oxygen atoms in total. The van der Waals surface area contributed by atoms with Crippen molar-refractivity contribution >= 4 is 21.0 Å². The molecule has 1 aliphatic rings. The van der Waals surface area contributed by atoms with Gasteiger partial charge in [0.15, 0.2) is 5.58 Å². The molecule has 0 spiro atoms. The lowest BCUT2D eigenvalue weighted by Crippen LogP contribution is -2.43. The minimum absolute atomic E-state index is 0.220. The van der Waals surface area contributed by atoms with E-state index in [1.807, 2.05) is 36.4 Å². The summed E-state index contributed by atoms with van der Waals surface area (Å²) >= 11 is 0. The highest BCUT2D eigenvalue weighted by molar-refractivity contribution is 7.88. The van der Waals surface area contributed by atoms with Gasteiger partial charge in [0.05, 0.1) is 6.04 Å². The van der Waals surface area contributed by atoms with Crippen molar-refractivity contribution in [3.8, 4) is 5.75 Å². The number of nitrogens with zero attached hydrogens (tertiary/aromatic N) is 1. The minimum Gasteiger partial charge on any atom is -0.492 e. The van der Waals surface area contributed by atoms with Crippen LogP contribution in [-0.4, -0.2) is 26.2 Å². The molecule has 0 fully saturated rings. The largest absolute Gasteiger partial charge is 0.492 e. The fraction of sp³-hybridized carbons (Fsp3) is 0.235. The third-order valence-electron chi connectivity index (χ3n) is 4.00. The van der Waals surface area contributed by atoms with Gasteiger partial charge in [0, 0.05) is 5.39 Å². The van der Waals surface area contributed by atoms with Gasteiger partial charge in [-0.05, 0) is 30.2 Å². The van der Waals surface area contributed by atoms with Crippen molar-refractivity contribution < 1.29 is 17.7 Å². The Balaban J connectivity index is 1.50. The first-order valence-corrected chi connectivity index (χ1v) is 9.30. The average molecular weight is 344 g/mol. The monoisotopic (exact) mass is 344 g/mol. The number of nitrogens with one attached hydrogen (secondary N) is 1. The Kier molecular flexibility index (Phi) is 3.74. The summed E-state index contributed by atoms with van der Waals surface area (Å²) in [5.74, 6) is 0.595. The van der Waals surface area contributed by atoms with Gasteiger partial charge in [-0.25, -0.2) is 13.1 Å². The molecule has 7 heteroatoms. The lowest BCUT2D eigenvalue weighted by Gasteiger charge is -2.25. The second-order valence-corrected chi connectivity index (χ2v) is 7.58. The van der Waals surface area contributed by atoms with Crippen molar-refractivity contribution in [3.05, 3.63) is 59.8 Å². The number of hydrogen-bond acceptors (Lipinski definition) is 5. The third kappa shape index (κ3) is 3.00. The van der Waals surface area contributed by atoms with Crippen LogP contribution in [0.1, 0.15) is 11.3 Å². The van der Waals surface area contributed by atoms with E-state index >= 15 is 0 Å². The highest BCUT2D eigenvalue weighted by Crippen LogP contribution is 2.25. The van der Waals surface area contributed by atoms with Crippen LogP contribution < -0.4 is 9.46 Å². The molecule has 0 unspecified atom stereocenters. The molecule has 0 amide bonds. The van der Waals surface area contributed by atoms with E-state index in [2.05, 4.69) is 9.88 Å². The zero-order valence-electron chi connectivity index (χ0n) is 12.8. The molecule has 0 saturated carbocycles. The quantitative estimate of drug-likeness (QED) is 0.785. The number of rotatable bonds is 4. The molecule has 1 N–H and O–H groups in total. The smallest absolute Gasteiger partial charge is 0.217 e. The van der Waals surface area contributed by atoms with Gasteiger partial charge >= 0.3 is 0 Å². The van der Waals surface area contributed by atoms with Gasteiger partial charge in [-0.3, -0.25) is 0 Å². The first-order chi connectivity index (χ1) is 11.6. The van der Waals surface area contributed by atoms with Crippen LogP contribution in [0.3, 0.4) is 0 Å². The number of sulfonamides is 1. The summed E-state index contributed by atoms with van der Waals surface area (Å²) in [6.45, 7) is 0.315. The summed E-state index contributed by atoms with van der Waals surface area (Å²) < 4.78 is 38.4. The first kappa shape index (κ1) is 15.2. The normalized spacial score (nSPS) is 17.4. The Hall–Kier alpha value is -2.38. The Morgan fingerprint density at radius 3 is 2.83 bits per heavy atom. The predicted octanol–water partition coefficient (Wildman–Crippen LogP) is 2.25. The molecule has 124 valence electrons. The van der Waals surface area contributed by atoms with E-state index in [-0.39, 0.29) is 11.8 Å². The van der Waals surface area contributed by atoms with Crippen LogP contribution >= 0.6 is 0 Å². The van der Waals surface area contributed by atoms with Crippen LogP contribution in [0.5, 0.6) is 5.75 Å². The lowest BCUT2D eigenvalue weighted by atomic mass is 10.0. The van der Waals surface area contributed by atoms with E-state index in [0.717, 1.165) is 11.3 Å². The third-order valence-corrected chi connectivity index (χ3v) is 5.35. The minimum atomic E-state index is -3.55. The highest BCUT2D eigenvalue weighted by atomic mass is 32.2. The second-order valence-electron chi connectivity index (χ2n) is 5.82. The van der Waals surface area contributed by atoms with E-state index < -0.39 is 10.0 Å². The molecule has 1 aliphatic heterocycles. The van der Waals surface area contributed by atoms with E-state index in [4.69, 9.17) is 9.26 Å². The number of hydrogen-bond donors (Lipinski definition) is 1. The van der Waals surface area contributed by atoms with Gasteiger partial charge in [0.1, 0.15) is 23.8 Å². The van der Waals surface area contributed by atoms with E-state index in [9.17, 15) is 8.42 Å². The van der Waals surface area contributed by atoms with Gasteiger partial charge in [0.2, 0.25) is 10.0 Å². The zero-order chi connectivity index (χ0) is 16.6. The summed E-state index contributed by atoms with van der Waals surface area (Å²) in [5, 5.41) is 4.60. The molecule has 3 aromatic rings. The Bertz CT molecular complexity index is 981. The first-order valence-electron chi connectivity index (χ1n) is 7.65. The number of aromatic nitrogens is 1. The van der Waals surface area contributed by atoms with Crippen molar-refractivity contribution in [1.29, 1.82) is 0 Å². The summed E-state index contributed by atoms with van der Waals surface area (Å²) in [5.41, 5.74) is 2.00. The molecular formula is C17H16N2O4S. The molecule has 2 heterocycles. The van der Waals surface area contributed by atoms with Crippen LogP contribution in [0.4, 0.5) is 0 Å². The van der Waals surface area contributed by atoms with Crippen molar-refractivity contribution in [2.75, 3.05) is 6.61 Å². The molecule has 24 heavy (non-hydrogen) atoms. The number of ether oxygens (including phenoxy) is 1. The number of para-hydroxylation sites is 2. The topological polar surface area (TPSA) is 81.4 Å². The van der Waals surface area contributed by atoms with Gasteiger partial charge in [-0.1, -0.05) is 35.5 Å². The number of benzene rings is 2. The van der Waals surface area contributed by atoms with Crippen LogP contribution in [0.2, 0.25) is 0 Å². The summed E-state index contributed by atoms with van der Waals surface area (Å²) in [6.07, 6.45) is 0.606. The molecule has 4 rings (SSSR count). The second kappa shape index (κ2) is 5.92. The Morgan fingerprint density at radius 2 is 1.92 bits per heavy atom. The maximum absolute atomic E-state index is 12.5. The zero-order valence-corrected chi connectivity index (χ0v) is 13.6. The molecular weight excluding hydrogens is 328 g/mol. The maximum atomic E-state index is 12.5. The number of fused-ring (bicyclic) bond motifs is 2. The van der Waals surface area contributed by atoms with E-state index in [1.165, 1.54) is 0 Å². The highest BCUT2D eigenvalue weighted by Gasteiger charge is 2.25. The Labute approximate surface area is 139 Å². The Morgan fingerprint density at radius 1 is 1.12 bits per heavy atom. The van der Waals surface area contributed by atoms with E-state index in [1.54, 1.807) is 12.1 Å². The standard InChI is InChI=1S/C17H16N2O4S/c20-24(21,11-15-14-6-2-4-8-17(14)23-18-15)19-13-9-12-5-1-3-7-16(12)22-10-13/h1-8,13,19H,9-11H2/t13-/m0/s1. The summed E-state index contributed by atoms with van der Waals surface area (Å²) in [7, 11) is -3.55. The summed E-state index contributed by atoms with van der Waals surface area (Å²) in [6, 6.07) is 14.6. The molecule has 1 aromatic heterocycles. The molecule has 0 radical (unpaired) electrons. The van der Waals surface area contributed by atoms with Gasteiger partial charge < -0.3 is 9.26 Å². The van der Waals surface area contributed by atoms with Crippen LogP contribution in [0.15, 0.2) is 53.1 Å². The van der Waals surface area contributed by atoms with Crippen molar-refractivity contribution in [3.63, 3.8) is 0 Å². The van der Waals surface area contributed by atoms with Crippen molar-refractivity contribution in [2.24, 2.45) is 0 Å². The molecule has 0 aliphatic carbocycles. The predicted molar refractivity (Wildman–Crippen MR) is 89.2 cm³/mol. The molecule has 0 saturated heterocycles. The summed E-state index contributed by atoms with van der Waals surface area (Å²) in [4.78, 5) is 0. The fourth-order valence-electron chi connectivity index (χ4n) is 2.92. The van der Waals surface area contributed by atoms with Crippen LogP contribution in [-0.2, 0) is 22.2 Å². The van der Waals surface area contributed by atoms with Crippen LogP contribution in [0.25, 0.3) is 11.0 Å². The van der Waals surface area contributed by atoms with Gasteiger partial charge in [0.25, 0.3) is 0 Å². The van der Waals surface area contributed by atoms with Crippen LogP contribution in [0, 0.1) is 0 Å². The van der Waals surface area contributed by atoms with Gasteiger partial charge in [-0.15, -0.1) is 0 Å². The molecule has 2 aromatic carbocycles. The average Bonchev–Trinajstić information content (AvgIpc) is 2.97. The van der Waals surface area contributed by atoms with Crippen molar-refractivity contribution in [2.45, 2.75) is 18.2 Å². The van der Waals surface area contributed by atoms with Crippen molar-refractivity contribution in [1.82, 2.24) is 9.88 Å². The maximum Gasteiger partial charge on any atom is 0.217 e. The van der Waals surface area contributed by atoms with Gasteiger partial charge in [-0.2, -0.15) is 0 Å². The van der Waals surface area contributed by atoms with E-state index in [0.29, 0.717) is 29.7 Å². The molecule has 1 atom stereocenters. The fourth-order valence-corrected chi connectivity index (χ4v) is 4.23.